The Bertz CT molecular complexity index is 891. The number of fused-ring (bicyclic) bond motifs is 1. The normalized spacial score (nSPS) is 17.3. The highest BCUT2D eigenvalue weighted by atomic mass is 16.7. The second-order valence-corrected chi connectivity index (χ2v) is 8.75. The quantitative estimate of drug-likeness (QED) is 0.564. The van der Waals surface area contributed by atoms with Gasteiger partial charge in [0.15, 0.2) is 5.79 Å². The average molecular weight is 418 g/mol. The molecule has 164 valence electrons. The van der Waals surface area contributed by atoms with Crippen LogP contribution in [0.1, 0.15) is 39.2 Å². The fourth-order valence-electron chi connectivity index (χ4n) is 3.89. The Hall–Kier alpha value is -1.91. The fraction of sp³-hybridized carbons (Fsp3) is 0.571. The summed E-state index contributed by atoms with van der Waals surface area (Å²) in [7, 11) is 1.57. The third-order valence-electron chi connectivity index (χ3n) is 5.50. The van der Waals surface area contributed by atoms with E-state index in [1.54, 1.807) is 41.1 Å². The minimum atomic E-state index is -1.79. The van der Waals surface area contributed by atoms with Gasteiger partial charge in [0, 0.05) is 52.1 Å². The van der Waals surface area contributed by atoms with E-state index in [0.29, 0.717) is 5.52 Å². The fourth-order valence-corrected chi connectivity index (χ4v) is 3.89. The summed E-state index contributed by atoms with van der Waals surface area (Å²) in [6.45, 7) is 7.74. The summed E-state index contributed by atoms with van der Waals surface area (Å²) < 4.78 is 17.7. The van der Waals surface area contributed by atoms with Gasteiger partial charge in [-0.3, -0.25) is 9.47 Å². The molecule has 8 nitrogen and oxygen atoms in total. The zero-order chi connectivity index (χ0) is 22.1. The second kappa shape index (κ2) is 8.68. The number of hydrogen-bond acceptors (Lipinski definition) is 7. The van der Waals surface area contributed by atoms with Crippen LogP contribution in [0, 0.1) is 0 Å². The summed E-state index contributed by atoms with van der Waals surface area (Å²) in [5, 5.41) is 20.3. The maximum atomic E-state index is 12.7. The second-order valence-electron chi connectivity index (χ2n) is 8.75. The lowest BCUT2D eigenvalue weighted by Crippen LogP contribution is -2.46. The van der Waals surface area contributed by atoms with Crippen LogP contribution >= 0.6 is 0 Å². The number of ether oxygens (including phenoxy) is 3. The van der Waals surface area contributed by atoms with E-state index >= 15 is 0 Å². The van der Waals surface area contributed by atoms with Crippen LogP contribution < -0.4 is 5.59 Å². The van der Waals surface area contributed by atoms with Crippen molar-refractivity contribution in [2.45, 2.75) is 51.5 Å². The summed E-state index contributed by atoms with van der Waals surface area (Å²) in [5.41, 5.74) is 1.04. The van der Waals surface area contributed by atoms with Crippen LogP contribution in [0.2, 0.25) is 0 Å². The minimum Gasteiger partial charge on any atom is -0.443 e. The van der Waals surface area contributed by atoms with Crippen molar-refractivity contribution in [3.63, 3.8) is 0 Å². The highest BCUT2D eigenvalue weighted by Crippen LogP contribution is 2.28. The summed E-state index contributed by atoms with van der Waals surface area (Å²) in [5.74, 6) is -0.503. The van der Waals surface area contributed by atoms with E-state index < -0.39 is 24.6 Å². The van der Waals surface area contributed by atoms with Crippen LogP contribution in [0.5, 0.6) is 0 Å². The van der Waals surface area contributed by atoms with Crippen molar-refractivity contribution in [1.29, 1.82) is 0 Å². The van der Waals surface area contributed by atoms with Gasteiger partial charge >= 0.3 is 13.2 Å². The maximum Gasteiger partial charge on any atom is 0.506 e. The van der Waals surface area contributed by atoms with Crippen LogP contribution in [0.3, 0.4) is 0 Å². The number of carbonyl (C=O) groups is 1. The molecule has 2 heterocycles. The standard InChI is InChI=1S/C21H31BN2O6/c1-20(2,3)30-19(25)24-17-7-6-15(12-16(17)13-18(24)22(26)27)14-23-10-8-21(28-4,29-5)9-11-23/h6-7,12-13,26-27H,8-11,14H2,1-5H3. The first-order valence-corrected chi connectivity index (χ1v) is 10.1. The van der Waals surface area contributed by atoms with Crippen molar-refractivity contribution in [1.82, 2.24) is 9.47 Å². The third kappa shape index (κ3) is 4.87. The zero-order valence-electron chi connectivity index (χ0n) is 18.3. The lowest BCUT2D eigenvalue weighted by Gasteiger charge is -2.39. The van der Waals surface area contributed by atoms with Gasteiger partial charge < -0.3 is 24.3 Å². The number of aromatic nitrogens is 1. The Morgan fingerprint density at radius 1 is 1.13 bits per heavy atom. The molecule has 1 fully saturated rings. The van der Waals surface area contributed by atoms with Crippen molar-refractivity contribution in [2.75, 3.05) is 27.3 Å². The molecule has 1 aromatic heterocycles. The molecule has 1 aliphatic rings. The van der Waals surface area contributed by atoms with E-state index in [0.717, 1.165) is 43.4 Å². The number of benzene rings is 1. The van der Waals surface area contributed by atoms with Crippen LogP contribution in [0.15, 0.2) is 24.3 Å². The molecule has 1 aromatic carbocycles. The molecule has 1 saturated heterocycles. The van der Waals surface area contributed by atoms with Crippen molar-refractivity contribution < 1.29 is 29.1 Å². The van der Waals surface area contributed by atoms with Gasteiger partial charge in [-0.25, -0.2) is 4.79 Å². The molecule has 3 rings (SSSR count). The molecular weight excluding hydrogens is 387 g/mol. The van der Waals surface area contributed by atoms with E-state index in [9.17, 15) is 14.8 Å². The first-order chi connectivity index (χ1) is 14.1. The van der Waals surface area contributed by atoms with E-state index in [2.05, 4.69) is 4.90 Å². The molecule has 0 spiro atoms. The summed E-state index contributed by atoms with van der Waals surface area (Å²) in [6, 6.07) is 7.35. The Balaban J connectivity index is 1.82. The summed E-state index contributed by atoms with van der Waals surface area (Å²) in [6.07, 6.45) is 0.941. The lowest BCUT2D eigenvalue weighted by atomic mass is 9.86. The average Bonchev–Trinajstić information content (AvgIpc) is 3.07. The first-order valence-electron chi connectivity index (χ1n) is 10.1. The predicted octanol–water partition coefficient (Wildman–Crippen LogP) is 1.69. The van der Waals surface area contributed by atoms with Crippen LogP contribution in [0.4, 0.5) is 4.79 Å². The number of methoxy groups -OCH3 is 2. The van der Waals surface area contributed by atoms with E-state index in [1.165, 1.54) is 4.57 Å². The molecule has 9 heteroatoms. The van der Waals surface area contributed by atoms with Gasteiger partial charge in [0.25, 0.3) is 0 Å². The zero-order valence-corrected chi connectivity index (χ0v) is 18.3. The van der Waals surface area contributed by atoms with Gasteiger partial charge in [0.05, 0.1) is 11.1 Å². The molecule has 0 atom stereocenters. The van der Waals surface area contributed by atoms with Crippen molar-refractivity contribution in [3.8, 4) is 0 Å². The smallest absolute Gasteiger partial charge is 0.443 e. The van der Waals surface area contributed by atoms with Crippen LogP contribution in [-0.2, 0) is 20.8 Å². The van der Waals surface area contributed by atoms with E-state index in [4.69, 9.17) is 14.2 Å². The summed E-state index contributed by atoms with van der Waals surface area (Å²) >= 11 is 0. The van der Waals surface area contributed by atoms with Gasteiger partial charge in [-0.15, -0.1) is 0 Å². The Labute approximate surface area is 177 Å². The molecule has 0 amide bonds. The van der Waals surface area contributed by atoms with E-state index in [-0.39, 0.29) is 5.59 Å². The monoisotopic (exact) mass is 418 g/mol. The highest BCUT2D eigenvalue weighted by Gasteiger charge is 2.34. The van der Waals surface area contributed by atoms with Gasteiger partial charge in [-0.05, 0) is 44.5 Å². The Morgan fingerprint density at radius 3 is 2.30 bits per heavy atom. The molecule has 0 radical (unpaired) electrons. The first kappa shape index (κ1) is 22.8. The van der Waals surface area contributed by atoms with Crippen LogP contribution in [0.25, 0.3) is 10.9 Å². The Morgan fingerprint density at radius 2 is 1.77 bits per heavy atom. The number of likely N-dealkylation sites (tertiary alicyclic amines) is 1. The predicted molar refractivity (Wildman–Crippen MR) is 115 cm³/mol. The minimum absolute atomic E-state index is 0.0827. The van der Waals surface area contributed by atoms with Gasteiger partial charge in [-0.2, -0.15) is 0 Å². The number of hydrogen-bond donors (Lipinski definition) is 2. The molecule has 30 heavy (non-hydrogen) atoms. The van der Waals surface area contributed by atoms with E-state index in [1.807, 2.05) is 18.2 Å². The number of nitrogens with zero attached hydrogens (tertiary/aromatic N) is 2. The summed E-state index contributed by atoms with van der Waals surface area (Å²) in [4.78, 5) is 15.0. The number of carbonyl (C=O) groups excluding carboxylic acids is 1. The van der Waals surface area contributed by atoms with Gasteiger partial charge in [-0.1, -0.05) is 6.07 Å². The van der Waals surface area contributed by atoms with Crippen molar-refractivity contribution in [3.05, 3.63) is 29.8 Å². The number of rotatable bonds is 5. The SMILES string of the molecule is COC1(OC)CCN(Cc2ccc3c(c2)cc(B(O)O)n3C(=O)OC(C)(C)C)CC1. The molecule has 0 bridgehead atoms. The van der Waals surface area contributed by atoms with Gasteiger partial charge in [0.2, 0.25) is 0 Å². The van der Waals surface area contributed by atoms with Gasteiger partial charge in [0.1, 0.15) is 5.60 Å². The molecular formula is C21H31BN2O6. The molecule has 2 aromatic rings. The molecule has 0 saturated carbocycles. The van der Waals surface area contributed by atoms with Crippen molar-refractivity contribution in [2.24, 2.45) is 0 Å². The highest BCUT2D eigenvalue weighted by molar-refractivity contribution is 6.59. The van der Waals surface area contributed by atoms with Crippen molar-refractivity contribution >= 4 is 29.7 Å². The topological polar surface area (TPSA) is 93.4 Å². The lowest BCUT2D eigenvalue weighted by molar-refractivity contribution is -0.229. The molecule has 1 aliphatic heterocycles. The number of piperidine rings is 1. The molecule has 2 N–H and O–H groups in total. The third-order valence-corrected chi connectivity index (χ3v) is 5.50. The largest absolute Gasteiger partial charge is 0.506 e. The maximum absolute atomic E-state index is 12.7. The van der Waals surface area contributed by atoms with Crippen LogP contribution in [-0.4, -0.2) is 71.4 Å². The Kier molecular flexibility index (Phi) is 6.59. The molecule has 0 unspecified atom stereocenters. The molecule has 0 aliphatic carbocycles.